The van der Waals surface area contributed by atoms with Crippen LogP contribution in [0.5, 0.6) is 0 Å². The van der Waals surface area contributed by atoms with E-state index in [0.717, 1.165) is 10.4 Å². The number of nitrogens with zero attached hydrogens (tertiary/aromatic N) is 4. The molecule has 1 N–H and O–H groups in total. The van der Waals surface area contributed by atoms with Crippen molar-refractivity contribution in [3.05, 3.63) is 43.9 Å². The van der Waals surface area contributed by atoms with Crippen LogP contribution in [0.15, 0.2) is 28.2 Å². The monoisotopic (exact) mass is 629 g/mol. The van der Waals surface area contributed by atoms with Crippen LogP contribution in [-0.4, -0.2) is 57.7 Å². The lowest BCUT2D eigenvalue weighted by atomic mass is 10.1. The molecule has 1 atom stereocenters. The number of nitrogens with one attached hydrogen (secondary N) is 1. The minimum absolute atomic E-state index is 0.0459. The van der Waals surface area contributed by atoms with Crippen molar-refractivity contribution in [2.45, 2.75) is 71.8 Å². The molecule has 0 bridgehead atoms. The van der Waals surface area contributed by atoms with Crippen LogP contribution in [-0.2, 0) is 27.2 Å². The van der Waals surface area contributed by atoms with Gasteiger partial charge in [-0.05, 0) is 98.6 Å². The molecular formula is C25H33BrClN5O5S. The van der Waals surface area contributed by atoms with Gasteiger partial charge in [-0.15, -0.1) is 16.4 Å². The van der Waals surface area contributed by atoms with Gasteiger partial charge < -0.3 is 19.5 Å². The van der Waals surface area contributed by atoms with Crippen LogP contribution < -0.4 is 10.2 Å². The highest BCUT2D eigenvalue weighted by atomic mass is 79.9. The van der Waals surface area contributed by atoms with Crippen molar-refractivity contribution >= 4 is 62.4 Å². The number of ether oxygens (including phenoxy) is 3. The van der Waals surface area contributed by atoms with E-state index >= 15 is 0 Å². The van der Waals surface area contributed by atoms with Gasteiger partial charge in [0.05, 0.1) is 19.2 Å². The summed E-state index contributed by atoms with van der Waals surface area (Å²) in [7, 11) is 1.56. The van der Waals surface area contributed by atoms with E-state index in [4.69, 9.17) is 25.8 Å². The van der Waals surface area contributed by atoms with Gasteiger partial charge in [0.15, 0.2) is 5.82 Å². The molecule has 10 nitrogen and oxygen atoms in total. The van der Waals surface area contributed by atoms with Crippen molar-refractivity contribution in [2.75, 3.05) is 18.6 Å². The maximum absolute atomic E-state index is 13.3. The molecule has 3 rings (SSSR count). The Balaban J connectivity index is 2.01. The van der Waals surface area contributed by atoms with Crippen LogP contribution in [0.3, 0.4) is 0 Å². The van der Waals surface area contributed by atoms with Gasteiger partial charge in [0.25, 0.3) is 0 Å². The molecule has 3 aromatic rings. The van der Waals surface area contributed by atoms with E-state index in [0.29, 0.717) is 22.4 Å². The van der Waals surface area contributed by atoms with Crippen LogP contribution in [0.1, 0.15) is 52.0 Å². The summed E-state index contributed by atoms with van der Waals surface area (Å²) in [5.41, 5.74) is -0.0256. The molecule has 13 heteroatoms. The normalized spacial score (nSPS) is 12.9. The predicted octanol–water partition coefficient (Wildman–Crippen LogP) is 6.23. The van der Waals surface area contributed by atoms with Crippen molar-refractivity contribution in [1.29, 1.82) is 0 Å². The van der Waals surface area contributed by atoms with E-state index in [2.05, 4.69) is 31.3 Å². The maximum Gasteiger partial charge on any atom is 0.416 e. The number of methoxy groups -OCH3 is 1. The van der Waals surface area contributed by atoms with E-state index < -0.39 is 29.4 Å². The number of amides is 2. The van der Waals surface area contributed by atoms with E-state index in [1.807, 2.05) is 23.6 Å². The first-order valence-electron chi connectivity index (χ1n) is 11.9. The lowest BCUT2D eigenvalue weighted by molar-refractivity contribution is 0.0468. The average molecular weight is 631 g/mol. The molecule has 0 aliphatic heterocycles. The van der Waals surface area contributed by atoms with Crippen LogP contribution in [0.4, 0.5) is 15.4 Å². The van der Waals surface area contributed by atoms with Gasteiger partial charge in [0.1, 0.15) is 21.3 Å². The highest BCUT2D eigenvalue weighted by Crippen LogP contribution is 2.31. The van der Waals surface area contributed by atoms with Gasteiger partial charge in [-0.25, -0.2) is 14.1 Å². The highest BCUT2D eigenvalue weighted by Gasteiger charge is 2.29. The number of fused-ring (bicyclic) bond motifs is 1. The zero-order valence-electron chi connectivity index (χ0n) is 22.5. The number of carbonyl (C=O) groups is 2. The first kappa shape index (κ1) is 30.1. The summed E-state index contributed by atoms with van der Waals surface area (Å²) in [5, 5.41) is 9.08. The zero-order valence-corrected chi connectivity index (χ0v) is 25.7. The van der Waals surface area contributed by atoms with Gasteiger partial charge in [-0.2, -0.15) is 4.98 Å². The second-order valence-electron chi connectivity index (χ2n) is 10.6. The third-order valence-electron chi connectivity index (χ3n) is 4.92. The zero-order chi connectivity index (χ0) is 28.3. The second kappa shape index (κ2) is 12.2. The average Bonchev–Trinajstić information content (AvgIpc) is 3.38. The largest absolute Gasteiger partial charge is 0.444 e. The molecular weight excluding hydrogens is 598 g/mol. The molecule has 2 amide bonds. The number of alkyl carbamates (subject to hydrolysis) is 1. The summed E-state index contributed by atoms with van der Waals surface area (Å²) in [6.45, 7) is 11.3. The molecule has 3 heterocycles. The van der Waals surface area contributed by atoms with Crippen molar-refractivity contribution in [3.63, 3.8) is 0 Å². The summed E-state index contributed by atoms with van der Waals surface area (Å²) < 4.78 is 18.6. The summed E-state index contributed by atoms with van der Waals surface area (Å²) in [5.74, 6) is 0.294. The van der Waals surface area contributed by atoms with Crippen molar-refractivity contribution < 1.29 is 23.8 Å². The Kier molecular flexibility index (Phi) is 9.66. The molecule has 0 saturated heterocycles. The molecule has 0 fully saturated rings. The van der Waals surface area contributed by atoms with Crippen molar-refractivity contribution in [1.82, 2.24) is 19.9 Å². The summed E-state index contributed by atoms with van der Waals surface area (Å²) in [6, 6.07) is 5.29. The molecule has 0 saturated carbocycles. The maximum atomic E-state index is 13.3. The Morgan fingerprint density at radius 2 is 1.89 bits per heavy atom. The summed E-state index contributed by atoms with van der Waals surface area (Å²) >= 11 is 11.4. The Morgan fingerprint density at radius 1 is 1.21 bits per heavy atom. The fourth-order valence-electron chi connectivity index (χ4n) is 3.57. The Bertz CT molecular complexity index is 1270. The number of thiophene rings is 1. The second-order valence-corrected chi connectivity index (χ2v) is 12.7. The standard InChI is InChI=1S/C25H33BrClN5O5S/c1-24(2,3)36-22(33)28-16(14-35-7)11-15-12-18-20(29-21(27)30-32(18)19(15)26)31(13-17-9-8-10-38-17)23(34)37-25(4,5)6/h8-10,12,16H,11,13-14H2,1-7H3,(H,28,33)/t16-/m1/s1. The number of carbonyl (C=O) groups excluding carboxylic acids is 2. The van der Waals surface area contributed by atoms with E-state index in [1.54, 1.807) is 53.2 Å². The van der Waals surface area contributed by atoms with E-state index in [9.17, 15) is 9.59 Å². The number of hydrogen-bond acceptors (Lipinski definition) is 8. The number of hydrogen-bond donors (Lipinski definition) is 1. The first-order valence-corrected chi connectivity index (χ1v) is 14.0. The Hall–Kier alpha value is -2.41. The molecule has 0 aliphatic carbocycles. The quantitative estimate of drug-likeness (QED) is 0.314. The fourth-order valence-corrected chi connectivity index (χ4v) is 4.96. The van der Waals surface area contributed by atoms with E-state index in [1.165, 1.54) is 16.2 Å². The molecule has 3 aromatic heterocycles. The Morgan fingerprint density at radius 3 is 2.47 bits per heavy atom. The third kappa shape index (κ3) is 8.29. The minimum Gasteiger partial charge on any atom is -0.444 e. The van der Waals surface area contributed by atoms with E-state index in [-0.39, 0.29) is 18.4 Å². The molecule has 38 heavy (non-hydrogen) atoms. The SMILES string of the molecule is COC[C@@H](Cc1cc2c(N(Cc3cccs3)C(=O)OC(C)(C)C)nc(Cl)nn2c1Br)NC(=O)OC(C)(C)C. The molecule has 0 radical (unpaired) electrons. The molecule has 0 aliphatic rings. The number of rotatable bonds is 8. The molecule has 0 spiro atoms. The number of anilines is 1. The summed E-state index contributed by atoms with van der Waals surface area (Å²) in [6.07, 6.45) is -0.730. The van der Waals surface area contributed by atoms with Crippen LogP contribution >= 0.6 is 38.9 Å². The van der Waals surface area contributed by atoms with Gasteiger partial charge in [0.2, 0.25) is 5.28 Å². The Labute approximate surface area is 239 Å². The van der Waals surface area contributed by atoms with Crippen molar-refractivity contribution in [2.24, 2.45) is 0 Å². The smallest absolute Gasteiger partial charge is 0.416 e. The summed E-state index contributed by atoms with van der Waals surface area (Å²) in [4.78, 5) is 32.6. The fraction of sp³-hybridized carbons (Fsp3) is 0.520. The lowest BCUT2D eigenvalue weighted by Crippen LogP contribution is -2.42. The molecule has 208 valence electrons. The van der Waals surface area contributed by atoms with Gasteiger partial charge in [-0.1, -0.05) is 6.07 Å². The van der Waals surface area contributed by atoms with Gasteiger partial charge >= 0.3 is 12.2 Å². The minimum atomic E-state index is -0.716. The highest BCUT2D eigenvalue weighted by molar-refractivity contribution is 9.10. The first-order chi connectivity index (χ1) is 17.7. The predicted molar refractivity (Wildman–Crippen MR) is 151 cm³/mol. The number of halogens is 2. The topological polar surface area (TPSA) is 107 Å². The molecule has 0 aromatic carbocycles. The van der Waals surface area contributed by atoms with Crippen LogP contribution in [0, 0.1) is 0 Å². The van der Waals surface area contributed by atoms with Crippen molar-refractivity contribution in [3.8, 4) is 0 Å². The van der Waals surface area contributed by atoms with Crippen LogP contribution in [0.2, 0.25) is 5.28 Å². The van der Waals surface area contributed by atoms with Gasteiger partial charge in [0, 0.05) is 12.0 Å². The van der Waals surface area contributed by atoms with Crippen LogP contribution in [0.25, 0.3) is 5.52 Å². The lowest BCUT2D eigenvalue weighted by Gasteiger charge is -2.27. The number of aromatic nitrogens is 3. The molecule has 0 unspecified atom stereocenters. The van der Waals surface area contributed by atoms with Gasteiger partial charge in [-0.3, -0.25) is 4.90 Å². The third-order valence-corrected chi connectivity index (χ3v) is 6.78.